The number of hydrogen-bond acceptors (Lipinski definition) is 4. The highest BCUT2D eigenvalue weighted by atomic mass is 32.1. The van der Waals surface area contributed by atoms with Crippen LogP contribution in [0.4, 0.5) is 0 Å². The molecule has 0 aliphatic rings. The Hall–Kier alpha value is -0.940. The molecular weight excluding hydrogens is 210 g/mol. The normalized spacial score (nSPS) is 10.3. The molecule has 1 amide bonds. The predicted octanol–water partition coefficient (Wildman–Crippen LogP) is 0.931. The Balaban J connectivity index is 2.12. The standard InChI is InChI=1S/C10H17N3OS/c1-3-10-13-7-9(15-10)6-11-4-5-12-8(2)14/h7,11H,3-6H2,1-2H3,(H,12,14). The van der Waals surface area contributed by atoms with E-state index >= 15 is 0 Å². The van der Waals surface area contributed by atoms with Crippen molar-refractivity contribution in [2.75, 3.05) is 13.1 Å². The number of amides is 1. The Morgan fingerprint density at radius 1 is 1.53 bits per heavy atom. The molecule has 1 aromatic heterocycles. The maximum Gasteiger partial charge on any atom is 0.216 e. The third-order valence-corrected chi connectivity index (χ3v) is 3.02. The van der Waals surface area contributed by atoms with Crippen LogP contribution in [0.2, 0.25) is 0 Å². The van der Waals surface area contributed by atoms with E-state index in [2.05, 4.69) is 22.5 Å². The van der Waals surface area contributed by atoms with Crippen molar-refractivity contribution in [1.82, 2.24) is 15.6 Å². The highest BCUT2D eigenvalue weighted by Gasteiger charge is 1.99. The van der Waals surface area contributed by atoms with Crippen molar-refractivity contribution in [2.45, 2.75) is 26.8 Å². The molecule has 0 radical (unpaired) electrons. The van der Waals surface area contributed by atoms with Crippen molar-refractivity contribution in [3.05, 3.63) is 16.1 Å². The van der Waals surface area contributed by atoms with Crippen molar-refractivity contribution in [3.8, 4) is 0 Å². The lowest BCUT2D eigenvalue weighted by molar-refractivity contribution is -0.118. The molecule has 1 rings (SSSR count). The highest BCUT2D eigenvalue weighted by Crippen LogP contribution is 2.12. The summed E-state index contributed by atoms with van der Waals surface area (Å²) in [5, 5.41) is 7.16. The predicted molar refractivity (Wildman–Crippen MR) is 61.9 cm³/mol. The average molecular weight is 227 g/mol. The van der Waals surface area contributed by atoms with E-state index in [1.165, 1.54) is 16.8 Å². The minimum absolute atomic E-state index is 0.0165. The van der Waals surface area contributed by atoms with Gasteiger partial charge in [0, 0.05) is 37.6 Å². The minimum Gasteiger partial charge on any atom is -0.355 e. The van der Waals surface area contributed by atoms with Gasteiger partial charge in [-0.2, -0.15) is 0 Å². The second kappa shape index (κ2) is 6.53. The highest BCUT2D eigenvalue weighted by molar-refractivity contribution is 7.11. The van der Waals surface area contributed by atoms with Gasteiger partial charge in [-0.15, -0.1) is 11.3 Å². The Morgan fingerprint density at radius 3 is 2.93 bits per heavy atom. The molecule has 5 heteroatoms. The number of rotatable bonds is 6. The van der Waals surface area contributed by atoms with Gasteiger partial charge in [0.15, 0.2) is 0 Å². The van der Waals surface area contributed by atoms with E-state index in [-0.39, 0.29) is 5.91 Å². The lowest BCUT2D eigenvalue weighted by atomic mass is 10.5. The van der Waals surface area contributed by atoms with E-state index in [0.717, 1.165) is 19.5 Å². The van der Waals surface area contributed by atoms with Crippen LogP contribution in [0.25, 0.3) is 0 Å². The number of hydrogen-bond donors (Lipinski definition) is 2. The van der Waals surface area contributed by atoms with Gasteiger partial charge in [-0.05, 0) is 6.42 Å². The van der Waals surface area contributed by atoms with E-state index in [4.69, 9.17) is 0 Å². The smallest absolute Gasteiger partial charge is 0.216 e. The molecule has 2 N–H and O–H groups in total. The summed E-state index contributed by atoms with van der Waals surface area (Å²) in [6.45, 7) is 5.93. The molecule has 1 aromatic rings. The Kier molecular flexibility index (Phi) is 5.28. The van der Waals surface area contributed by atoms with E-state index in [0.29, 0.717) is 6.54 Å². The van der Waals surface area contributed by atoms with Gasteiger partial charge in [0.1, 0.15) is 0 Å². The first-order chi connectivity index (χ1) is 7.22. The van der Waals surface area contributed by atoms with Gasteiger partial charge in [0.2, 0.25) is 5.91 Å². The van der Waals surface area contributed by atoms with Crippen LogP contribution in [0.5, 0.6) is 0 Å². The van der Waals surface area contributed by atoms with Crippen LogP contribution in [0.3, 0.4) is 0 Å². The van der Waals surface area contributed by atoms with Crippen LogP contribution >= 0.6 is 11.3 Å². The van der Waals surface area contributed by atoms with Crippen LogP contribution in [0.15, 0.2) is 6.20 Å². The van der Waals surface area contributed by atoms with E-state index in [1.807, 2.05) is 6.20 Å². The van der Waals surface area contributed by atoms with Crippen molar-refractivity contribution in [3.63, 3.8) is 0 Å². The zero-order chi connectivity index (χ0) is 11.1. The largest absolute Gasteiger partial charge is 0.355 e. The molecule has 0 aliphatic heterocycles. The minimum atomic E-state index is 0.0165. The second-order valence-electron chi connectivity index (χ2n) is 3.23. The number of carbonyl (C=O) groups excluding carboxylic acids is 1. The van der Waals surface area contributed by atoms with Gasteiger partial charge in [-0.3, -0.25) is 4.79 Å². The number of nitrogens with one attached hydrogen (secondary N) is 2. The maximum atomic E-state index is 10.6. The SMILES string of the molecule is CCc1ncc(CNCCNC(C)=O)s1. The van der Waals surface area contributed by atoms with Crippen LogP contribution < -0.4 is 10.6 Å². The van der Waals surface area contributed by atoms with Gasteiger partial charge in [-0.1, -0.05) is 6.92 Å². The van der Waals surface area contributed by atoms with Crippen LogP contribution in [-0.2, 0) is 17.8 Å². The number of carbonyl (C=O) groups is 1. The van der Waals surface area contributed by atoms with Gasteiger partial charge >= 0.3 is 0 Å². The maximum absolute atomic E-state index is 10.6. The van der Waals surface area contributed by atoms with Crippen molar-refractivity contribution < 1.29 is 4.79 Å². The Morgan fingerprint density at radius 2 is 2.33 bits per heavy atom. The van der Waals surface area contributed by atoms with Gasteiger partial charge in [0.05, 0.1) is 5.01 Å². The summed E-state index contributed by atoms with van der Waals surface area (Å²) >= 11 is 1.74. The summed E-state index contributed by atoms with van der Waals surface area (Å²) in [5.41, 5.74) is 0. The van der Waals surface area contributed by atoms with E-state index < -0.39 is 0 Å². The van der Waals surface area contributed by atoms with Crippen molar-refractivity contribution in [2.24, 2.45) is 0 Å². The first-order valence-corrected chi connectivity index (χ1v) is 5.92. The number of nitrogens with zero attached hydrogens (tertiary/aromatic N) is 1. The lowest BCUT2D eigenvalue weighted by Crippen LogP contribution is -2.29. The molecule has 1 heterocycles. The quantitative estimate of drug-likeness (QED) is 0.711. The second-order valence-corrected chi connectivity index (χ2v) is 4.43. The van der Waals surface area contributed by atoms with Crippen molar-refractivity contribution >= 4 is 17.2 Å². The molecule has 15 heavy (non-hydrogen) atoms. The molecule has 0 saturated carbocycles. The fourth-order valence-corrected chi connectivity index (χ4v) is 1.96. The molecule has 0 spiro atoms. The van der Waals surface area contributed by atoms with Gasteiger partial charge < -0.3 is 10.6 Å². The fourth-order valence-electron chi connectivity index (χ4n) is 1.13. The lowest BCUT2D eigenvalue weighted by Gasteiger charge is -2.02. The van der Waals surface area contributed by atoms with Gasteiger partial charge in [-0.25, -0.2) is 4.98 Å². The van der Waals surface area contributed by atoms with Crippen molar-refractivity contribution in [1.29, 1.82) is 0 Å². The average Bonchev–Trinajstić information content (AvgIpc) is 2.65. The summed E-state index contributed by atoms with van der Waals surface area (Å²) in [5.74, 6) is 0.0165. The monoisotopic (exact) mass is 227 g/mol. The summed E-state index contributed by atoms with van der Waals surface area (Å²) in [6, 6.07) is 0. The molecule has 0 aromatic carbocycles. The molecule has 0 unspecified atom stereocenters. The summed E-state index contributed by atoms with van der Waals surface area (Å²) in [6.07, 6.45) is 2.91. The number of thiazole rings is 1. The summed E-state index contributed by atoms with van der Waals surface area (Å²) in [4.78, 5) is 16.1. The Labute approximate surface area is 94.1 Å². The molecule has 0 fully saturated rings. The molecular formula is C10H17N3OS. The van der Waals surface area contributed by atoms with Crippen LogP contribution in [-0.4, -0.2) is 24.0 Å². The summed E-state index contributed by atoms with van der Waals surface area (Å²) in [7, 11) is 0. The molecule has 4 nitrogen and oxygen atoms in total. The first-order valence-electron chi connectivity index (χ1n) is 5.11. The topological polar surface area (TPSA) is 54.0 Å². The third-order valence-electron chi connectivity index (χ3n) is 1.88. The number of aryl methyl sites for hydroxylation is 1. The number of aromatic nitrogens is 1. The molecule has 0 atom stereocenters. The van der Waals surface area contributed by atoms with E-state index in [9.17, 15) is 4.79 Å². The fraction of sp³-hybridized carbons (Fsp3) is 0.600. The zero-order valence-electron chi connectivity index (χ0n) is 9.17. The Bertz CT molecular complexity index is 311. The molecule has 0 bridgehead atoms. The molecule has 84 valence electrons. The van der Waals surface area contributed by atoms with Gasteiger partial charge in [0.25, 0.3) is 0 Å². The van der Waals surface area contributed by atoms with E-state index in [1.54, 1.807) is 11.3 Å². The first kappa shape index (κ1) is 12.1. The van der Waals surface area contributed by atoms with Crippen LogP contribution in [0.1, 0.15) is 23.7 Å². The molecule has 0 saturated heterocycles. The zero-order valence-corrected chi connectivity index (χ0v) is 9.99. The van der Waals surface area contributed by atoms with Crippen LogP contribution in [0, 0.1) is 0 Å². The third kappa shape index (κ3) is 4.90. The molecule has 0 aliphatic carbocycles. The summed E-state index contributed by atoms with van der Waals surface area (Å²) < 4.78 is 0.